The molecule has 0 atom stereocenters. The molecule has 0 aromatic carbocycles. The maximum atomic E-state index is 11.5. The molecule has 0 aliphatic heterocycles. The van der Waals surface area contributed by atoms with E-state index in [1.165, 1.54) is 18.3 Å². The van der Waals surface area contributed by atoms with E-state index >= 15 is 0 Å². The predicted molar refractivity (Wildman–Crippen MR) is 74.6 cm³/mol. The normalized spacial score (nSPS) is 11.0. The molecule has 0 aliphatic carbocycles. The Bertz CT molecular complexity index is 672. The van der Waals surface area contributed by atoms with Gasteiger partial charge in [-0.2, -0.15) is 5.10 Å². The molecule has 0 fully saturated rings. The Morgan fingerprint density at radius 1 is 1.52 bits per heavy atom. The number of furan rings is 1. The van der Waals surface area contributed by atoms with Crippen LogP contribution < -0.4 is 5.73 Å². The third kappa shape index (κ3) is 3.28. The zero-order chi connectivity index (χ0) is 15.6. The van der Waals surface area contributed by atoms with Gasteiger partial charge in [-0.05, 0) is 18.4 Å². The highest BCUT2D eigenvalue weighted by molar-refractivity contribution is 5.98. The Morgan fingerprint density at radius 3 is 2.76 bits per heavy atom. The second kappa shape index (κ2) is 5.78. The van der Waals surface area contributed by atoms with Gasteiger partial charge in [-0.15, -0.1) is 0 Å². The monoisotopic (exact) mass is 292 g/mol. The number of primary amides is 1. The maximum Gasteiger partial charge on any atom is 0.433 e. The van der Waals surface area contributed by atoms with Crippen LogP contribution in [0.1, 0.15) is 30.6 Å². The Hall–Kier alpha value is -2.64. The number of rotatable bonds is 6. The third-order valence-corrected chi connectivity index (χ3v) is 2.97. The number of nitrogens with two attached hydrogens (primary N) is 1. The van der Waals surface area contributed by atoms with Gasteiger partial charge < -0.3 is 10.2 Å². The van der Waals surface area contributed by atoms with E-state index < -0.39 is 16.7 Å². The minimum atomic E-state index is -0.653. The summed E-state index contributed by atoms with van der Waals surface area (Å²) in [6, 6.07) is 2.62. The molecule has 0 unspecified atom stereocenters. The number of aromatic nitrogens is 2. The van der Waals surface area contributed by atoms with E-state index in [9.17, 15) is 14.9 Å². The molecule has 0 saturated heterocycles. The van der Waals surface area contributed by atoms with Crippen LogP contribution >= 0.6 is 0 Å². The fraction of sp³-hybridized carbons (Fsp3) is 0.385. The van der Waals surface area contributed by atoms with Crippen molar-refractivity contribution in [3.63, 3.8) is 0 Å². The summed E-state index contributed by atoms with van der Waals surface area (Å²) < 4.78 is 6.68. The van der Waals surface area contributed by atoms with Crippen LogP contribution in [0.5, 0.6) is 0 Å². The lowest BCUT2D eigenvalue weighted by Crippen LogP contribution is -2.11. The van der Waals surface area contributed by atoms with Crippen molar-refractivity contribution in [2.75, 3.05) is 0 Å². The van der Waals surface area contributed by atoms with Crippen LogP contribution in [0, 0.1) is 16.0 Å². The molecule has 0 bridgehead atoms. The number of nitrogens with zero attached hydrogens (tertiary/aromatic N) is 3. The molecule has 0 spiro atoms. The van der Waals surface area contributed by atoms with Crippen LogP contribution in [0.15, 0.2) is 22.7 Å². The molecular weight excluding hydrogens is 276 g/mol. The fourth-order valence-corrected chi connectivity index (χ4v) is 1.84. The number of hydrogen-bond acceptors (Lipinski definition) is 5. The Labute approximate surface area is 120 Å². The molecule has 0 radical (unpaired) electrons. The largest absolute Gasteiger partial charge is 0.433 e. The highest BCUT2D eigenvalue weighted by atomic mass is 16.6. The van der Waals surface area contributed by atoms with Crippen molar-refractivity contribution < 1.29 is 14.1 Å². The topological polar surface area (TPSA) is 117 Å². The third-order valence-electron chi connectivity index (χ3n) is 2.97. The molecule has 2 aromatic rings. The minimum absolute atomic E-state index is 0.152. The van der Waals surface area contributed by atoms with E-state index in [0.717, 1.165) is 6.42 Å². The van der Waals surface area contributed by atoms with E-state index in [4.69, 9.17) is 10.2 Å². The smallest absolute Gasteiger partial charge is 0.399 e. The SMILES string of the molecule is CC(C)CCn1cc(C(N)=O)c(-c2ccc([N+](=O)[O-])o2)n1. The summed E-state index contributed by atoms with van der Waals surface area (Å²) in [5, 5.41) is 14.9. The standard InChI is InChI=1S/C13H16N4O4/c1-8(2)5-6-16-7-9(13(14)18)12(15-16)10-3-4-11(21-10)17(19)20/h3-4,7-8H,5-6H2,1-2H3,(H2,14,18). The zero-order valence-electron chi connectivity index (χ0n) is 11.8. The first kappa shape index (κ1) is 14.8. The van der Waals surface area contributed by atoms with E-state index in [2.05, 4.69) is 18.9 Å². The van der Waals surface area contributed by atoms with Crippen LogP contribution in [0.25, 0.3) is 11.5 Å². The summed E-state index contributed by atoms with van der Waals surface area (Å²) in [6.45, 7) is 4.78. The minimum Gasteiger partial charge on any atom is -0.399 e. The van der Waals surface area contributed by atoms with Gasteiger partial charge in [-0.1, -0.05) is 13.8 Å². The van der Waals surface area contributed by atoms with Gasteiger partial charge in [0.1, 0.15) is 10.6 Å². The number of amides is 1. The average Bonchev–Trinajstić information content (AvgIpc) is 3.02. The van der Waals surface area contributed by atoms with Crippen LogP contribution in [-0.4, -0.2) is 20.6 Å². The van der Waals surface area contributed by atoms with Crippen molar-refractivity contribution in [1.29, 1.82) is 0 Å². The molecule has 0 aliphatic rings. The van der Waals surface area contributed by atoms with Crippen LogP contribution in [0.3, 0.4) is 0 Å². The fourth-order valence-electron chi connectivity index (χ4n) is 1.84. The quantitative estimate of drug-likeness (QED) is 0.646. The first-order chi connectivity index (χ1) is 9.88. The van der Waals surface area contributed by atoms with Crippen LogP contribution in [0.4, 0.5) is 5.88 Å². The van der Waals surface area contributed by atoms with Crippen LogP contribution in [-0.2, 0) is 6.54 Å². The van der Waals surface area contributed by atoms with Gasteiger partial charge >= 0.3 is 5.88 Å². The van der Waals surface area contributed by atoms with Gasteiger partial charge in [-0.25, -0.2) is 0 Å². The van der Waals surface area contributed by atoms with Crippen molar-refractivity contribution in [2.24, 2.45) is 11.7 Å². The lowest BCUT2D eigenvalue weighted by Gasteiger charge is -2.03. The summed E-state index contributed by atoms with van der Waals surface area (Å²) in [5.41, 5.74) is 5.72. The van der Waals surface area contributed by atoms with Crippen molar-refractivity contribution in [2.45, 2.75) is 26.8 Å². The van der Waals surface area contributed by atoms with Gasteiger partial charge in [0.25, 0.3) is 5.91 Å². The first-order valence-electron chi connectivity index (χ1n) is 6.50. The molecule has 1 amide bonds. The summed E-state index contributed by atoms with van der Waals surface area (Å²) in [4.78, 5) is 21.5. The molecule has 21 heavy (non-hydrogen) atoms. The molecule has 0 saturated carbocycles. The Kier molecular flexibility index (Phi) is 4.06. The zero-order valence-corrected chi connectivity index (χ0v) is 11.8. The van der Waals surface area contributed by atoms with E-state index in [1.807, 2.05) is 0 Å². The van der Waals surface area contributed by atoms with E-state index in [-0.39, 0.29) is 17.0 Å². The number of carbonyl (C=O) groups excluding carboxylic acids is 1. The van der Waals surface area contributed by atoms with Gasteiger partial charge in [-0.3, -0.25) is 19.6 Å². The Balaban J connectivity index is 2.36. The molecule has 2 rings (SSSR count). The Morgan fingerprint density at radius 2 is 2.24 bits per heavy atom. The summed E-state index contributed by atoms with van der Waals surface area (Å²) in [5.74, 6) is -0.421. The number of aryl methyl sites for hydroxylation is 1. The lowest BCUT2D eigenvalue weighted by atomic mass is 10.1. The first-order valence-corrected chi connectivity index (χ1v) is 6.50. The second-order valence-electron chi connectivity index (χ2n) is 5.10. The van der Waals surface area contributed by atoms with Crippen molar-refractivity contribution in [3.05, 3.63) is 34.0 Å². The second-order valence-corrected chi connectivity index (χ2v) is 5.10. The highest BCUT2D eigenvalue weighted by Gasteiger charge is 2.21. The summed E-state index contributed by atoms with van der Waals surface area (Å²) >= 11 is 0. The number of carbonyl (C=O) groups is 1. The predicted octanol–water partition coefficient (Wildman–Crippen LogP) is 2.20. The molecule has 2 aromatic heterocycles. The molecule has 8 nitrogen and oxygen atoms in total. The summed E-state index contributed by atoms with van der Waals surface area (Å²) in [7, 11) is 0. The van der Waals surface area contributed by atoms with Crippen molar-refractivity contribution >= 4 is 11.8 Å². The highest BCUT2D eigenvalue weighted by Crippen LogP contribution is 2.27. The lowest BCUT2D eigenvalue weighted by molar-refractivity contribution is -0.401. The number of nitro groups is 1. The molecular formula is C13H16N4O4. The number of hydrogen-bond donors (Lipinski definition) is 1. The van der Waals surface area contributed by atoms with Crippen molar-refractivity contribution in [3.8, 4) is 11.5 Å². The van der Waals surface area contributed by atoms with Gasteiger partial charge in [0, 0.05) is 12.7 Å². The average molecular weight is 292 g/mol. The van der Waals surface area contributed by atoms with Gasteiger partial charge in [0.2, 0.25) is 0 Å². The molecule has 2 N–H and O–H groups in total. The van der Waals surface area contributed by atoms with Gasteiger partial charge in [0.15, 0.2) is 5.76 Å². The van der Waals surface area contributed by atoms with Gasteiger partial charge in [0.05, 0.1) is 11.6 Å². The van der Waals surface area contributed by atoms with E-state index in [1.54, 1.807) is 4.68 Å². The van der Waals surface area contributed by atoms with Crippen molar-refractivity contribution in [1.82, 2.24) is 9.78 Å². The molecule has 8 heteroatoms. The summed E-state index contributed by atoms with van der Waals surface area (Å²) in [6.07, 6.45) is 2.42. The van der Waals surface area contributed by atoms with E-state index in [0.29, 0.717) is 12.5 Å². The molecule has 2 heterocycles. The van der Waals surface area contributed by atoms with Crippen LogP contribution in [0.2, 0.25) is 0 Å². The molecule has 112 valence electrons. The maximum absolute atomic E-state index is 11.5.